The van der Waals surface area contributed by atoms with Gasteiger partial charge in [-0.15, -0.1) is 0 Å². The standard InChI is InChI=1S/C16H14Br2N2O3/c1-10(23-15-5-3-2-4-13(15)18)16(22)20-19-9-11-8-12(17)6-7-14(11)21/h2-10,21H,1H3,(H,20,22). The Hall–Kier alpha value is -1.86. The molecule has 1 unspecified atom stereocenters. The lowest BCUT2D eigenvalue weighted by molar-refractivity contribution is -0.127. The van der Waals surface area contributed by atoms with Crippen LogP contribution in [-0.4, -0.2) is 23.3 Å². The van der Waals surface area contributed by atoms with Crippen LogP contribution in [0, 0.1) is 0 Å². The lowest BCUT2D eigenvalue weighted by Gasteiger charge is -2.13. The average Bonchev–Trinajstić information content (AvgIpc) is 2.52. The van der Waals surface area contributed by atoms with E-state index >= 15 is 0 Å². The van der Waals surface area contributed by atoms with Gasteiger partial charge in [0.15, 0.2) is 6.10 Å². The van der Waals surface area contributed by atoms with E-state index in [2.05, 4.69) is 42.4 Å². The molecule has 120 valence electrons. The van der Waals surface area contributed by atoms with E-state index in [0.29, 0.717) is 11.3 Å². The number of para-hydroxylation sites is 1. The normalized spacial score (nSPS) is 12.1. The molecule has 2 rings (SSSR count). The molecule has 1 amide bonds. The third kappa shape index (κ3) is 5.07. The third-order valence-electron chi connectivity index (χ3n) is 2.88. The van der Waals surface area contributed by atoms with Crippen LogP contribution >= 0.6 is 31.9 Å². The first-order valence-corrected chi connectivity index (χ1v) is 8.28. The Bertz CT molecular complexity index is 735. The minimum absolute atomic E-state index is 0.0729. The van der Waals surface area contributed by atoms with Crippen LogP contribution in [0.4, 0.5) is 0 Å². The highest BCUT2D eigenvalue weighted by atomic mass is 79.9. The fourth-order valence-electron chi connectivity index (χ4n) is 1.67. The van der Waals surface area contributed by atoms with Gasteiger partial charge in [0.1, 0.15) is 11.5 Å². The van der Waals surface area contributed by atoms with Crippen molar-refractivity contribution in [1.82, 2.24) is 5.43 Å². The summed E-state index contributed by atoms with van der Waals surface area (Å²) in [6.45, 7) is 1.63. The molecular weight excluding hydrogens is 428 g/mol. The molecule has 0 spiro atoms. The van der Waals surface area contributed by atoms with Gasteiger partial charge in [-0.1, -0.05) is 28.1 Å². The Morgan fingerprint density at radius 1 is 1.30 bits per heavy atom. The first kappa shape index (κ1) is 17.5. The van der Waals surface area contributed by atoms with Crippen LogP contribution in [-0.2, 0) is 4.79 Å². The fourth-order valence-corrected chi connectivity index (χ4v) is 2.43. The molecule has 0 saturated heterocycles. The number of aromatic hydroxyl groups is 1. The zero-order valence-corrected chi connectivity index (χ0v) is 15.3. The molecule has 1 atom stereocenters. The first-order valence-electron chi connectivity index (χ1n) is 6.70. The number of halogens is 2. The minimum Gasteiger partial charge on any atom is -0.507 e. The van der Waals surface area contributed by atoms with Gasteiger partial charge in [0.2, 0.25) is 0 Å². The quantitative estimate of drug-likeness (QED) is 0.547. The lowest BCUT2D eigenvalue weighted by Crippen LogP contribution is -2.33. The number of phenols is 1. The van der Waals surface area contributed by atoms with E-state index < -0.39 is 12.0 Å². The number of benzene rings is 2. The predicted molar refractivity (Wildman–Crippen MR) is 95.8 cm³/mol. The van der Waals surface area contributed by atoms with Crippen molar-refractivity contribution in [2.24, 2.45) is 5.10 Å². The highest BCUT2D eigenvalue weighted by molar-refractivity contribution is 9.10. The fraction of sp³-hybridized carbons (Fsp3) is 0.125. The number of amides is 1. The van der Waals surface area contributed by atoms with Crippen LogP contribution in [0.2, 0.25) is 0 Å². The van der Waals surface area contributed by atoms with Crippen LogP contribution in [0.15, 0.2) is 56.5 Å². The third-order valence-corrected chi connectivity index (χ3v) is 4.03. The molecule has 0 radical (unpaired) electrons. The van der Waals surface area contributed by atoms with E-state index in [0.717, 1.165) is 8.95 Å². The van der Waals surface area contributed by atoms with E-state index in [4.69, 9.17) is 4.74 Å². The second-order valence-corrected chi connectivity index (χ2v) is 6.40. The molecule has 5 nitrogen and oxygen atoms in total. The monoisotopic (exact) mass is 440 g/mol. The van der Waals surface area contributed by atoms with Gasteiger partial charge in [-0.25, -0.2) is 5.43 Å². The van der Waals surface area contributed by atoms with Crippen molar-refractivity contribution in [3.63, 3.8) is 0 Å². The molecule has 0 fully saturated rings. The topological polar surface area (TPSA) is 70.9 Å². The molecule has 0 aliphatic heterocycles. The van der Waals surface area contributed by atoms with Crippen LogP contribution < -0.4 is 10.2 Å². The molecule has 0 heterocycles. The molecule has 0 saturated carbocycles. The maximum atomic E-state index is 12.0. The summed E-state index contributed by atoms with van der Waals surface area (Å²) in [5.74, 6) is 0.249. The molecule has 2 N–H and O–H groups in total. The molecule has 0 aromatic heterocycles. The van der Waals surface area contributed by atoms with Crippen LogP contribution in [0.1, 0.15) is 12.5 Å². The Morgan fingerprint density at radius 3 is 2.78 bits per heavy atom. The SMILES string of the molecule is CC(Oc1ccccc1Br)C(=O)NN=Cc1cc(Br)ccc1O. The number of phenolic OH excluding ortho intramolecular Hbond substituents is 1. The van der Waals surface area contributed by atoms with E-state index in [1.54, 1.807) is 25.1 Å². The lowest BCUT2D eigenvalue weighted by atomic mass is 10.2. The largest absolute Gasteiger partial charge is 0.507 e. The van der Waals surface area contributed by atoms with Crippen molar-refractivity contribution in [2.45, 2.75) is 13.0 Å². The molecule has 0 aliphatic carbocycles. The zero-order chi connectivity index (χ0) is 16.8. The van der Waals surface area contributed by atoms with Crippen LogP contribution in [0.5, 0.6) is 11.5 Å². The first-order chi connectivity index (χ1) is 11.0. The van der Waals surface area contributed by atoms with Gasteiger partial charge in [-0.2, -0.15) is 5.10 Å². The van der Waals surface area contributed by atoms with Gasteiger partial charge in [0, 0.05) is 10.0 Å². The van der Waals surface area contributed by atoms with E-state index in [-0.39, 0.29) is 5.75 Å². The number of rotatable bonds is 5. The Balaban J connectivity index is 1.95. The maximum absolute atomic E-state index is 12.0. The molecular formula is C16H14Br2N2O3. The molecule has 7 heteroatoms. The van der Waals surface area contributed by atoms with E-state index in [1.807, 2.05) is 18.2 Å². The summed E-state index contributed by atoms with van der Waals surface area (Å²) in [5, 5.41) is 13.5. The van der Waals surface area contributed by atoms with Crippen LogP contribution in [0.3, 0.4) is 0 Å². The van der Waals surface area contributed by atoms with Gasteiger partial charge in [0.25, 0.3) is 5.91 Å². The van der Waals surface area contributed by atoms with Crippen molar-refractivity contribution >= 4 is 44.0 Å². The van der Waals surface area contributed by atoms with Gasteiger partial charge in [-0.3, -0.25) is 4.79 Å². The van der Waals surface area contributed by atoms with E-state index in [1.165, 1.54) is 12.3 Å². The second-order valence-electron chi connectivity index (χ2n) is 4.63. The highest BCUT2D eigenvalue weighted by Crippen LogP contribution is 2.24. The minimum atomic E-state index is -0.720. The van der Waals surface area contributed by atoms with Gasteiger partial charge >= 0.3 is 0 Å². The molecule has 23 heavy (non-hydrogen) atoms. The molecule has 0 aliphatic rings. The Labute approximate surface area is 150 Å². The second kappa shape index (κ2) is 8.12. The Kier molecular flexibility index (Phi) is 6.18. The summed E-state index contributed by atoms with van der Waals surface area (Å²) < 4.78 is 7.13. The number of hydrazone groups is 1. The van der Waals surface area contributed by atoms with Crippen molar-refractivity contribution in [2.75, 3.05) is 0 Å². The number of ether oxygens (including phenoxy) is 1. The summed E-state index contributed by atoms with van der Waals surface area (Å²) in [7, 11) is 0. The number of nitrogens with one attached hydrogen (secondary N) is 1. The summed E-state index contributed by atoms with van der Waals surface area (Å²) in [5.41, 5.74) is 2.87. The van der Waals surface area contributed by atoms with Crippen LogP contribution in [0.25, 0.3) is 0 Å². The van der Waals surface area contributed by atoms with Crippen molar-refractivity contribution in [1.29, 1.82) is 0 Å². The smallest absolute Gasteiger partial charge is 0.280 e. The van der Waals surface area contributed by atoms with Gasteiger partial charge in [0.05, 0.1) is 10.7 Å². The number of hydrogen-bond acceptors (Lipinski definition) is 4. The average molecular weight is 442 g/mol. The Morgan fingerprint density at radius 2 is 2.04 bits per heavy atom. The molecule has 2 aromatic carbocycles. The summed E-state index contributed by atoms with van der Waals surface area (Å²) in [6, 6.07) is 12.2. The highest BCUT2D eigenvalue weighted by Gasteiger charge is 2.15. The van der Waals surface area contributed by atoms with Crippen molar-refractivity contribution in [3.05, 3.63) is 57.0 Å². The van der Waals surface area contributed by atoms with Crippen molar-refractivity contribution < 1.29 is 14.6 Å². The maximum Gasteiger partial charge on any atom is 0.280 e. The summed E-state index contributed by atoms with van der Waals surface area (Å²) in [4.78, 5) is 12.0. The number of carbonyl (C=O) groups is 1. The molecule has 2 aromatic rings. The number of carbonyl (C=O) groups excluding carboxylic acids is 1. The van der Waals surface area contributed by atoms with Gasteiger partial charge in [-0.05, 0) is 53.2 Å². The number of nitrogens with zero attached hydrogens (tertiary/aromatic N) is 1. The summed E-state index contributed by atoms with van der Waals surface area (Å²) >= 11 is 6.65. The number of hydrogen-bond donors (Lipinski definition) is 2. The van der Waals surface area contributed by atoms with E-state index in [9.17, 15) is 9.90 Å². The van der Waals surface area contributed by atoms with Gasteiger partial charge < -0.3 is 9.84 Å². The predicted octanol–water partition coefficient (Wildman–Crippen LogP) is 3.83. The molecule has 0 bridgehead atoms. The van der Waals surface area contributed by atoms with Crippen molar-refractivity contribution in [3.8, 4) is 11.5 Å². The zero-order valence-electron chi connectivity index (χ0n) is 12.2. The summed E-state index contributed by atoms with van der Waals surface area (Å²) in [6.07, 6.45) is 0.644.